The highest BCUT2D eigenvalue weighted by molar-refractivity contribution is 7.93. The summed E-state index contributed by atoms with van der Waals surface area (Å²) in [5.41, 5.74) is 2.06. The second kappa shape index (κ2) is 9.31. The highest BCUT2D eigenvalue weighted by Gasteiger charge is 2.43. The van der Waals surface area contributed by atoms with Gasteiger partial charge >= 0.3 is 0 Å². The SMILES string of the molecule is CCOS(=O)N1CC(COc2ccc(S(=O)(=O)C(C)(C)C(=O)NOC)cc2)C1. The minimum Gasteiger partial charge on any atom is -0.493 e. The second-order valence-electron chi connectivity index (χ2n) is 6.77. The molecule has 1 heterocycles. The zero-order chi connectivity index (χ0) is 20.9. The van der Waals surface area contributed by atoms with Crippen LogP contribution in [0.3, 0.4) is 0 Å². The van der Waals surface area contributed by atoms with E-state index in [1.54, 1.807) is 23.4 Å². The van der Waals surface area contributed by atoms with Gasteiger partial charge in [-0.3, -0.25) is 13.8 Å². The standard InChI is InChI=1S/C17H26N2O7S2/c1-5-26-27(21)19-10-13(11-19)12-25-14-6-8-15(9-7-14)28(22,23)17(2,3)16(20)18-24-4/h6-9,13H,5,10-12H2,1-4H3,(H,18,20). The molecule has 1 aliphatic rings. The molecule has 0 bridgehead atoms. The number of carbonyl (C=O) groups excluding carboxylic acids is 1. The van der Waals surface area contributed by atoms with Gasteiger partial charge in [0.05, 0.1) is 25.2 Å². The number of hydrogen-bond acceptors (Lipinski definition) is 7. The van der Waals surface area contributed by atoms with E-state index in [-0.39, 0.29) is 10.8 Å². The maximum absolute atomic E-state index is 12.8. The van der Waals surface area contributed by atoms with Crippen molar-refractivity contribution < 1.29 is 31.2 Å². The third-order valence-electron chi connectivity index (χ3n) is 4.39. The number of sulfone groups is 1. The number of nitrogens with one attached hydrogen (secondary N) is 1. The Hall–Kier alpha value is -1.53. The van der Waals surface area contributed by atoms with E-state index >= 15 is 0 Å². The van der Waals surface area contributed by atoms with Crippen LogP contribution in [0.15, 0.2) is 29.2 Å². The summed E-state index contributed by atoms with van der Waals surface area (Å²) in [6.07, 6.45) is 0. The van der Waals surface area contributed by atoms with Gasteiger partial charge in [-0.05, 0) is 45.0 Å². The fourth-order valence-electron chi connectivity index (χ4n) is 2.49. The molecule has 1 N–H and O–H groups in total. The van der Waals surface area contributed by atoms with E-state index in [0.717, 1.165) is 0 Å². The summed E-state index contributed by atoms with van der Waals surface area (Å²) >= 11 is -1.40. The molecule has 1 fully saturated rings. The highest BCUT2D eigenvalue weighted by Crippen LogP contribution is 2.28. The van der Waals surface area contributed by atoms with Crippen LogP contribution >= 0.6 is 0 Å². The molecule has 1 amide bonds. The summed E-state index contributed by atoms with van der Waals surface area (Å²) in [6, 6.07) is 5.91. The Morgan fingerprint density at radius 2 is 1.89 bits per heavy atom. The molecule has 158 valence electrons. The lowest BCUT2D eigenvalue weighted by Crippen LogP contribution is -2.50. The second-order valence-corrected chi connectivity index (χ2v) is 10.5. The lowest BCUT2D eigenvalue weighted by Gasteiger charge is -2.36. The molecule has 0 aliphatic carbocycles. The first kappa shape index (κ1) is 22.8. The van der Waals surface area contributed by atoms with Gasteiger partial charge in [-0.15, -0.1) is 0 Å². The molecule has 1 aromatic carbocycles. The average molecular weight is 435 g/mol. The number of carbonyl (C=O) groups is 1. The van der Waals surface area contributed by atoms with Gasteiger partial charge in [0.25, 0.3) is 5.91 Å². The molecule has 9 nitrogen and oxygen atoms in total. The Labute approximate surface area is 168 Å². The maximum atomic E-state index is 12.8. The van der Waals surface area contributed by atoms with E-state index in [1.807, 2.05) is 0 Å². The molecular formula is C17H26N2O7S2. The van der Waals surface area contributed by atoms with Crippen LogP contribution in [0.5, 0.6) is 5.75 Å². The Balaban J connectivity index is 1.93. The van der Waals surface area contributed by atoms with Crippen molar-refractivity contribution in [1.29, 1.82) is 0 Å². The molecule has 1 aliphatic heterocycles. The summed E-state index contributed by atoms with van der Waals surface area (Å²) in [7, 11) is -2.69. The van der Waals surface area contributed by atoms with Gasteiger partial charge in [0, 0.05) is 19.0 Å². The van der Waals surface area contributed by atoms with E-state index in [4.69, 9.17) is 8.92 Å². The number of hydroxylamine groups is 1. The van der Waals surface area contributed by atoms with E-state index in [9.17, 15) is 17.4 Å². The van der Waals surface area contributed by atoms with Gasteiger partial charge in [-0.2, -0.15) is 0 Å². The Morgan fingerprint density at radius 3 is 2.43 bits per heavy atom. The van der Waals surface area contributed by atoms with Gasteiger partial charge in [0.2, 0.25) is 11.3 Å². The molecule has 0 aromatic heterocycles. The van der Waals surface area contributed by atoms with Crippen LogP contribution in [0, 0.1) is 5.92 Å². The van der Waals surface area contributed by atoms with Crippen molar-refractivity contribution in [2.24, 2.45) is 5.92 Å². The molecule has 0 spiro atoms. The Bertz CT molecular complexity index is 803. The normalized spacial score (nSPS) is 17.0. The van der Waals surface area contributed by atoms with Crippen molar-refractivity contribution in [3.05, 3.63) is 24.3 Å². The van der Waals surface area contributed by atoms with Gasteiger partial charge in [-0.1, -0.05) is 0 Å². The Kier molecular flexibility index (Phi) is 7.57. The molecule has 11 heteroatoms. The van der Waals surface area contributed by atoms with Crippen molar-refractivity contribution in [3.8, 4) is 5.75 Å². The Morgan fingerprint density at radius 1 is 1.29 bits per heavy atom. The fourth-order valence-corrected chi connectivity index (χ4v) is 4.87. The van der Waals surface area contributed by atoms with E-state index in [2.05, 4.69) is 10.3 Å². The van der Waals surface area contributed by atoms with Crippen molar-refractivity contribution in [2.45, 2.75) is 30.4 Å². The minimum atomic E-state index is -3.93. The largest absolute Gasteiger partial charge is 0.493 e. The van der Waals surface area contributed by atoms with Crippen LogP contribution in [-0.4, -0.2) is 61.0 Å². The molecule has 1 saturated heterocycles. The molecule has 0 saturated carbocycles. The van der Waals surface area contributed by atoms with Crippen LogP contribution in [0.25, 0.3) is 0 Å². The van der Waals surface area contributed by atoms with E-state index < -0.39 is 31.8 Å². The van der Waals surface area contributed by atoms with Crippen molar-refractivity contribution in [1.82, 2.24) is 9.79 Å². The number of rotatable bonds is 10. The first-order valence-electron chi connectivity index (χ1n) is 8.74. The van der Waals surface area contributed by atoms with Gasteiger partial charge < -0.3 is 4.74 Å². The number of nitrogens with zero attached hydrogens (tertiary/aromatic N) is 1. The van der Waals surface area contributed by atoms with Gasteiger partial charge in [0.15, 0.2) is 14.6 Å². The summed E-state index contributed by atoms with van der Waals surface area (Å²) < 4.78 is 47.8. The first-order valence-corrected chi connectivity index (χ1v) is 11.3. The van der Waals surface area contributed by atoms with E-state index in [1.165, 1.54) is 33.1 Å². The number of amides is 1. The minimum absolute atomic E-state index is 0.0121. The maximum Gasteiger partial charge on any atom is 0.264 e. The van der Waals surface area contributed by atoms with Crippen molar-refractivity contribution in [2.75, 3.05) is 33.4 Å². The third kappa shape index (κ3) is 4.90. The highest BCUT2D eigenvalue weighted by atomic mass is 32.2. The molecule has 1 aromatic rings. The summed E-state index contributed by atoms with van der Waals surface area (Å²) in [4.78, 5) is 16.6. The topological polar surface area (TPSA) is 111 Å². The fraction of sp³-hybridized carbons (Fsp3) is 0.588. The van der Waals surface area contributed by atoms with Crippen LogP contribution in [0.4, 0.5) is 0 Å². The quantitative estimate of drug-likeness (QED) is 0.543. The monoisotopic (exact) mass is 434 g/mol. The first-order chi connectivity index (χ1) is 13.1. The van der Waals surface area contributed by atoms with E-state index in [0.29, 0.717) is 32.1 Å². The van der Waals surface area contributed by atoms with Crippen molar-refractivity contribution >= 4 is 27.0 Å². The summed E-state index contributed by atoms with van der Waals surface area (Å²) in [6.45, 7) is 6.46. The van der Waals surface area contributed by atoms with Crippen molar-refractivity contribution in [3.63, 3.8) is 0 Å². The lowest BCUT2D eigenvalue weighted by atomic mass is 10.1. The zero-order valence-electron chi connectivity index (χ0n) is 16.3. The predicted molar refractivity (Wildman–Crippen MR) is 103 cm³/mol. The molecule has 1 atom stereocenters. The summed E-state index contributed by atoms with van der Waals surface area (Å²) in [5, 5.41) is 0. The van der Waals surface area contributed by atoms with Gasteiger partial charge in [0.1, 0.15) is 5.75 Å². The number of hydrogen-bond donors (Lipinski definition) is 1. The van der Waals surface area contributed by atoms with Gasteiger partial charge in [-0.25, -0.2) is 22.4 Å². The average Bonchev–Trinajstić information content (AvgIpc) is 2.61. The number of ether oxygens (including phenoxy) is 1. The molecule has 0 radical (unpaired) electrons. The predicted octanol–water partition coefficient (Wildman–Crippen LogP) is 0.842. The smallest absolute Gasteiger partial charge is 0.264 e. The molecule has 2 rings (SSSR count). The lowest BCUT2D eigenvalue weighted by molar-refractivity contribution is -0.133. The third-order valence-corrected chi connectivity index (χ3v) is 7.97. The molecular weight excluding hydrogens is 408 g/mol. The zero-order valence-corrected chi connectivity index (χ0v) is 18.0. The van der Waals surface area contributed by atoms with Crippen LogP contribution in [0.2, 0.25) is 0 Å². The molecule has 1 unspecified atom stereocenters. The number of benzene rings is 1. The van der Waals surface area contributed by atoms with Crippen LogP contribution in [-0.2, 0) is 34.9 Å². The summed E-state index contributed by atoms with van der Waals surface area (Å²) in [5.74, 6) is -0.0127. The van der Waals surface area contributed by atoms with Crippen LogP contribution in [0.1, 0.15) is 20.8 Å². The van der Waals surface area contributed by atoms with Crippen LogP contribution < -0.4 is 10.2 Å². The molecule has 28 heavy (non-hydrogen) atoms.